The maximum Gasteiger partial charge on any atom is 0.279 e. The Balaban J connectivity index is 1.93. The van der Waals surface area contributed by atoms with Crippen LogP contribution in [0.4, 0.5) is 0 Å². The second-order valence-corrected chi connectivity index (χ2v) is 4.60. The molecule has 0 atom stereocenters. The van der Waals surface area contributed by atoms with E-state index in [4.69, 9.17) is 15.2 Å². The summed E-state index contributed by atoms with van der Waals surface area (Å²) >= 11 is 0. The number of ether oxygens (including phenoxy) is 2. The highest BCUT2D eigenvalue weighted by Gasteiger charge is 2.41. The van der Waals surface area contributed by atoms with Gasteiger partial charge in [-0.25, -0.2) is 0 Å². The van der Waals surface area contributed by atoms with Gasteiger partial charge in [-0.15, -0.1) is 0 Å². The van der Waals surface area contributed by atoms with E-state index in [1.54, 1.807) is 11.9 Å². The van der Waals surface area contributed by atoms with Crippen LogP contribution in [0.15, 0.2) is 0 Å². The smallest absolute Gasteiger partial charge is 0.279 e. The zero-order valence-electron chi connectivity index (χ0n) is 10.5. The lowest BCUT2D eigenvalue weighted by atomic mass is 9.87. The van der Waals surface area contributed by atoms with Crippen molar-refractivity contribution in [3.05, 3.63) is 0 Å². The summed E-state index contributed by atoms with van der Waals surface area (Å²) in [4.78, 5) is 25.1. The van der Waals surface area contributed by atoms with Crippen molar-refractivity contribution >= 4 is 11.8 Å². The fraction of sp³-hybridized carbons (Fsp3) is 0.818. The van der Waals surface area contributed by atoms with Gasteiger partial charge in [0.2, 0.25) is 12.2 Å². The average Bonchev–Trinajstić information content (AvgIpc) is 2.91. The Hall–Kier alpha value is -1.18. The van der Waals surface area contributed by atoms with Crippen molar-refractivity contribution in [2.24, 2.45) is 5.73 Å². The summed E-state index contributed by atoms with van der Waals surface area (Å²) in [6.07, 6.45) is 0.245. The Bertz CT molecular complexity index is 333. The summed E-state index contributed by atoms with van der Waals surface area (Å²) in [5, 5.41) is 2.97. The molecule has 0 aromatic carbocycles. The number of amides is 2. The van der Waals surface area contributed by atoms with E-state index in [1.165, 1.54) is 0 Å². The normalized spacial score (nSPS) is 24.2. The SMILES string of the molecule is CNC1(C(N)=O)CCN(C(=O)C2OCCO2)CC1. The molecule has 2 heterocycles. The van der Waals surface area contributed by atoms with Crippen LogP contribution in [0.1, 0.15) is 12.8 Å². The molecule has 0 saturated carbocycles. The first-order valence-electron chi connectivity index (χ1n) is 6.10. The number of primary amides is 1. The lowest BCUT2D eigenvalue weighted by Crippen LogP contribution is -2.61. The summed E-state index contributed by atoms with van der Waals surface area (Å²) < 4.78 is 10.3. The van der Waals surface area contributed by atoms with Crippen LogP contribution in [0.3, 0.4) is 0 Å². The van der Waals surface area contributed by atoms with Crippen LogP contribution in [0.5, 0.6) is 0 Å². The van der Waals surface area contributed by atoms with Gasteiger partial charge < -0.3 is 25.4 Å². The molecule has 7 heteroatoms. The molecule has 0 unspecified atom stereocenters. The first-order valence-corrected chi connectivity index (χ1v) is 6.10. The van der Waals surface area contributed by atoms with Gasteiger partial charge in [0.25, 0.3) is 5.91 Å². The lowest BCUT2D eigenvalue weighted by molar-refractivity contribution is -0.160. The van der Waals surface area contributed by atoms with Crippen molar-refractivity contribution < 1.29 is 19.1 Å². The number of rotatable bonds is 3. The molecule has 2 rings (SSSR count). The zero-order valence-corrected chi connectivity index (χ0v) is 10.5. The van der Waals surface area contributed by atoms with Gasteiger partial charge in [-0.3, -0.25) is 9.59 Å². The van der Waals surface area contributed by atoms with Crippen LogP contribution in [0.25, 0.3) is 0 Å². The maximum absolute atomic E-state index is 12.0. The maximum atomic E-state index is 12.0. The van der Waals surface area contributed by atoms with Crippen LogP contribution in [0.2, 0.25) is 0 Å². The highest BCUT2D eigenvalue weighted by atomic mass is 16.7. The van der Waals surface area contributed by atoms with E-state index in [0.29, 0.717) is 39.1 Å². The van der Waals surface area contributed by atoms with Gasteiger partial charge in [-0.05, 0) is 19.9 Å². The summed E-state index contributed by atoms with van der Waals surface area (Å²) in [7, 11) is 1.71. The molecule has 0 spiro atoms. The summed E-state index contributed by atoms with van der Waals surface area (Å²) in [6, 6.07) is 0. The van der Waals surface area contributed by atoms with Gasteiger partial charge in [0.15, 0.2) is 0 Å². The molecule has 2 saturated heterocycles. The van der Waals surface area contributed by atoms with Crippen LogP contribution in [0, 0.1) is 0 Å². The monoisotopic (exact) mass is 257 g/mol. The Morgan fingerprint density at radius 1 is 1.28 bits per heavy atom. The quantitative estimate of drug-likeness (QED) is 0.637. The van der Waals surface area contributed by atoms with Crippen molar-refractivity contribution in [3.8, 4) is 0 Å². The largest absolute Gasteiger partial charge is 0.368 e. The molecule has 2 amide bonds. The Morgan fingerprint density at radius 3 is 2.28 bits per heavy atom. The third kappa shape index (κ3) is 2.33. The molecule has 0 radical (unpaired) electrons. The van der Waals surface area contributed by atoms with Gasteiger partial charge in [0.05, 0.1) is 13.2 Å². The topological polar surface area (TPSA) is 93.9 Å². The van der Waals surface area contributed by atoms with E-state index in [9.17, 15) is 9.59 Å². The van der Waals surface area contributed by atoms with Crippen LogP contribution in [-0.2, 0) is 19.1 Å². The van der Waals surface area contributed by atoms with E-state index in [0.717, 1.165) is 0 Å². The lowest BCUT2D eigenvalue weighted by Gasteiger charge is -2.39. The van der Waals surface area contributed by atoms with E-state index in [2.05, 4.69) is 5.32 Å². The molecule has 0 bridgehead atoms. The summed E-state index contributed by atoms with van der Waals surface area (Å²) in [5.41, 5.74) is 4.70. The van der Waals surface area contributed by atoms with Gasteiger partial charge in [0.1, 0.15) is 5.54 Å². The van der Waals surface area contributed by atoms with Gasteiger partial charge in [-0.2, -0.15) is 0 Å². The Kier molecular flexibility index (Phi) is 3.84. The molecule has 18 heavy (non-hydrogen) atoms. The number of nitrogens with two attached hydrogens (primary N) is 1. The highest BCUT2D eigenvalue weighted by molar-refractivity contribution is 5.85. The molecule has 102 valence electrons. The van der Waals surface area contributed by atoms with Crippen molar-refractivity contribution in [3.63, 3.8) is 0 Å². The second-order valence-electron chi connectivity index (χ2n) is 4.60. The Labute approximate surface area is 106 Å². The third-order valence-corrected chi connectivity index (χ3v) is 3.70. The van der Waals surface area contributed by atoms with Crippen molar-refractivity contribution in [1.29, 1.82) is 0 Å². The third-order valence-electron chi connectivity index (χ3n) is 3.70. The molecule has 0 aromatic rings. The number of carbonyl (C=O) groups is 2. The molecule has 2 fully saturated rings. The predicted molar refractivity (Wildman–Crippen MR) is 62.5 cm³/mol. The number of hydrogen-bond donors (Lipinski definition) is 2. The minimum atomic E-state index is -0.777. The molecule has 2 aliphatic heterocycles. The van der Waals surface area contributed by atoms with Crippen molar-refractivity contribution in [1.82, 2.24) is 10.2 Å². The van der Waals surface area contributed by atoms with E-state index >= 15 is 0 Å². The van der Waals surface area contributed by atoms with Gasteiger partial charge in [-0.1, -0.05) is 0 Å². The fourth-order valence-corrected chi connectivity index (χ4v) is 2.38. The minimum absolute atomic E-state index is 0.165. The zero-order chi connectivity index (χ0) is 13.2. The molecule has 2 aliphatic rings. The number of nitrogens with one attached hydrogen (secondary N) is 1. The molecular weight excluding hydrogens is 238 g/mol. The molecule has 7 nitrogen and oxygen atoms in total. The number of likely N-dealkylation sites (tertiary alicyclic amines) is 1. The minimum Gasteiger partial charge on any atom is -0.368 e. The molecule has 0 aromatic heterocycles. The number of piperidine rings is 1. The summed E-state index contributed by atoms with van der Waals surface area (Å²) in [5.74, 6) is -0.535. The number of hydrogen-bond acceptors (Lipinski definition) is 5. The highest BCUT2D eigenvalue weighted by Crippen LogP contribution is 2.23. The number of likely N-dealkylation sites (N-methyl/N-ethyl adjacent to an activating group) is 1. The number of nitrogens with zero attached hydrogens (tertiary/aromatic N) is 1. The fourth-order valence-electron chi connectivity index (χ4n) is 2.38. The van der Waals surface area contributed by atoms with Crippen LogP contribution >= 0.6 is 0 Å². The van der Waals surface area contributed by atoms with Crippen LogP contribution < -0.4 is 11.1 Å². The Morgan fingerprint density at radius 2 is 1.83 bits per heavy atom. The van der Waals surface area contributed by atoms with Gasteiger partial charge >= 0.3 is 0 Å². The van der Waals surface area contributed by atoms with E-state index in [1.807, 2.05) is 0 Å². The molecule has 3 N–H and O–H groups in total. The first-order chi connectivity index (χ1) is 8.59. The average molecular weight is 257 g/mol. The second kappa shape index (κ2) is 5.21. The van der Waals surface area contributed by atoms with Crippen molar-refractivity contribution in [2.75, 3.05) is 33.4 Å². The summed E-state index contributed by atoms with van der Waals surface area (Å²) in [6.45, 7) is 1.86. The predicted octanol–water partition coefficient (Wildman–Crippen LogP) is -1.57. The molecular formula is C11H19N3O4. The standard InChI is InChI=1S/C11H19N3O4/c1-13-11(10(12)16)2-4-14(5-3-11)8(15)9-17-6-7-18-9/h9,13H,2-7H2,1H3,(H2,12,16). The van der Waals surface area contributed by atoms with E-state index < -0.39 is 11.8 Å². The van der Waals surface area contributed by atoms with Crippen molar-refractivity contribution in [2.45, 2.75) is 24.7 Å². The first kappa shape index (κ1) is 13.3. The number of carbonyl (C=O) groups excluding carboxylic acids is 2. The molecule has 0 aliphatic carbocycles. The van der Waals surface area contributed by atoms with Gasteiger partial charge in [0, 0.05) is 13.1 Å². The van der Waals surface area contributed by atoms with E-state index in [-0.39, 0.29) is 11.8 Å². The van der Waals surface area contributed by atoms with Crippen LogP contribution in [-0.4, -0.2) is 61.9 Å².